The van der Waals surface area contributed by atoms with Gasteiger partial charge >= 0.3 is 5.97 Å². The summed E-state index contributed by atoms with van der Waals surface area (Å²) in [5, 5.41) is 9.09. The monoisotopic (exact) mass is 472 g/mol. The van der Waals surface area contributed by atoms with Gasteiger partial charge in [-0.2, -0.15) is 0 Å². The van der Waals surface area contributed by atoms with Gasteiger partial charge in [-0.25, -0.2) is 4.98 Å². The van der Waals surface area contributed by atoms with Gasteiger partial charge in [0, 0.05) is 19.3 Å². The van der Waals surface area contributed by atoms with Crippen LogP contribution in [0.4, 0.5) is 5.82 Å². The lowest BCUT2D eigenvalue weighted by molar-refractivity contribution is -0.140. The van der Waals surface area contributed by atoms with Crippen LogP contribution in [0.15, 0.2) is 28.0 Å². The Labute approximate surface area is 194 Å². The number of hydrogen-bond acceptors (Lipinski definition) is 7. The lowest BCUT2D eigenvalue weighted by atomic mass is 9.91. The Hall–Kier alpha value is -2.72. The number of aryl methyl sites for hydroxylation is 1. The van der Waals surface area contributed by atoms with Crippen molar-refractivity contribution < 1.29 is 14.7 Å². The summed E-state index contributed by atoms with van der Waals surface area (Å²) in [6.45, 7) is 7.27. The molecule has 2 aromatic rings. The van der Waals surface area contributed by atoms with Gasteiger partial charge < -0.3 is 10.0 Å². The lowest BCUT2D eigenvalue weighted by Gasteiger charge is -2.36. The number of carbonyl (C=O) groups excluding carboxylic acids is 1. The van der Waals surface area contributed by atoms with E-state index in [-0.39, 0.29) is 14.8 Å². The summed E-state index contributed by atoms with van der Waals surface area (Å²) < 4.78 is 1.65. The smallest absolute Gasteiger partial charge is 0.323 e. The molecule has 2 aliphatic heterocycles. The molecule has 0 radical (unpaired) electrons. The van der Waals surface area contributed by atoms with E-state index < -0.39 is 18.4 Å². The number of carboxylic acid groups (broad SMARTS) is 1. The molecule has 0 saturated carbocycles. The lowest BCUT2D eigenvalue weighted by Crippen LogP contribution is -2.40. The van der Waals surface area contributed by atoms with E-state index in [4.69, 9.17) is 22.3 Å². The highest BCUT2D eigenvalue weighted by atomic mass is 32.2. The third-order valence-electron chi connectivity index (χ3n) is 5.60. The average Bonchev–Trinajstić information content (AvgIpc) is 2.96. The fourth-order valence-electron chi connectivity index (χ4n) is 4.35. The van der Waals surface area contributed by atoms with Crippen molar-refractivity contribution in [1.82, 2.24) is 14.3 Å². The Morgan fingerprint density at radius 3 is 2.62 bits per heavy atom. The predicted molar refractivity (Wildman–Crippen MR) is 129 cm³/mol. The molecule has 0 bridgehead atoms. The van der Waals surface area contributed by atoms with Crippen LogP contribution >= 0.6 is 24.0 Å². The van der Waals surface area contributed by atoms with Crippen LogP contribution < -0.4 is 10.5 Å². The molecule has 0 aliphatic carbocycles. The van der Waals surface area contributed by atoms with Crippen molar-refractivity contribution in [2.45, 2.75) is 27.2 Å². The summed E-state index contributed by atoms with van der Waals surface area (Å²) in [5.41, 5.74) is 1.48. The molecule has 2 unspecified atom stereocenters. The number of pyridine rings is 1. The zero-order valence-electron chi connectivity index (χ0n) is 18.1. The highest BCUT2D eigenvalue weighted by molar-refractivity contribution is 8.26. The number of amides is 1. The molecule has 1 amide bonds. The number of aliphatic carboxylic acids is 1. The molecule has 168 valence electrons. The van der Waals surface area contributed by atoms with Gasteiger partial charge in [-0.05, 0) is 42.9 Å². The maximum absolute atomic E-state index is 13.5. The van der Waals surface area contributed by atoms with E-state index in [1.165, 1.54) is 10.5 Å². The molecule has 2 aliphatic rings. The number of fused-ring (bicyclic) bond motifs is 1. The first-order valence-electron chi connectivity index (χ1n) is 10.4. The summed E-state index contributed by atoms with van der Waals surface area (Å²) in [5.74, 6) is -0.233. The maximum Gasteiger partial charge on any atom is 0.323 e. The van der Waals surface area contributed by atoms with Crippen LogP contribution in [0.2, 0.25) is 0 Å². The van der Waals surface area contributed by atoms with Gasteiger partial charge in [-0.15, -0.1) is 0 Å². The van der Waals surface area contributed by atoms with E-state index >= 15 is 0 Å². The van der Waals surface area contributed by atoms with Crippen LogP contribution in [-0.4, -0.2) is 55.2 Å². The number of anilines is 1. The molecule has 1 N–H and O–H groups in total. The number of aromatic nitrogens is 2. The third kappa shape index (κ3) is 4.29. The molecular weight excluding hydrogens is 448 g/mol. The first kappa shape index (κ1) is 22.5. The van der Waals surface area contributed by atoms with Gasteiger partial charge in [0.2, 0.25) is 0 Å². The number of carboxylic acids is 1. The number of carbonyl (C=O) groups is 2. The van der Waals surface area contributed by atoms with Crippen LogP contribution in [-0.2, 0) is 9.59 Å². The number of thioether (sulfide) groups is 1. The fourth-order valence-corrected chi connectivity index (χ4v) is 5.59. The Morgan fingerprint density at radius 2 is 1.97 bits per heavy atom. The zero-order valence-corrected chi connectivity index (χ0v) is 19.7. The van der Waals surface area contributed by atoms with E-state index in [0.29, 0.717) is 28.9 Å². The van der Waals surface area contributed by atoms with Crippen LogP contribution in [0.1, 0.15) is 31.4 Å². The average molecular weight is 473 g/mol. The van der Waals surface area contributed by atoms with Gasteiger partial charge in [0.05, 0.1) is 10.5 Å². The topological polar surface area (TPSA) is 95.2 Å². The summed E-state index contributed by atoms with van der Waals surface area (Å²) in [6, 6.07) is 3.72. The van der Waals surface area contributed by atoms with Crippen molar-refractivity contribution >= 4 is 57.7 Å². The minimum atomic E-state index is -1.15. The Bertz CT molecular complexity index is 1210. The van der Waals surface area contributed by atoms with Gasteiger partial charge in [0.1, 0.15) is 22.3 Å². The second kappa shape index (κ2) is 8.67. The van der Waals surface area contributed by atoms with Gasteiger partial charge in [0.25, 0.3) is 11.5 Å². The summed E-state index contributed by atoms with van der Waals surface area (Å²) >= 11 is 6.20. The normalized spacial score (nSPS) is 22.9. The van der Waals surface area contributed by atoms with Crippen molar-refractivity contribution in [3.8, 4) is 0 Å². The Morgan fingerprint density at radius 1 is 1.28 bits per heavy atom. The Kier molecular flexibility index (Phi) is 6.09. The molecule has 2 saturated heterocycles. The molecular formula is C22H24N4O4S2. The SMILES string of the molecule is Cc1ccc2nc(N3CC(C)CC(C)C3)c(C=C3SC(=S)N(CC(=O)O)C3=O)c(=O)n2c1. The van der Waals surface area contributed by atoms with Gasteiger partial charge in [-0.1, -0.05) is 43.9 Å². The molecule has 2 aromatic heterocycles. The maximum atomic E-state index is 13.5. The quantitative estimate of drug-likeness (QED) is 0.536. The molecule has 4 rings (SSSR count). The second-order valence-corrected chi connectivity index (χ2v) is 10.3. The summed E-state index contributed by atoms with van der Waals surface area (Å²) in [4.78, 5) is 45.6. The van der Waals surface area contributed by atoms with Gasteiger partial charge in [0.15, 0.2) is 0 Å². The fraction of sp³-hybridized carbons (Fsp3) is 0.409. The van der Waals surface area contributed by atoms with E-state index in [1.54, 1.807) is 6.20 Å². The van der Waals surface area contributed by atoms with Crippen molar-refractivity contribution in [3.63, 3.8) is 0 Å². The molecule has 4 heterocycles. The highest BCUT2D eigenvalue weighted by Gasteiger charge is 2.34. The molecule has 32 heavy (non-hydrogen) atoms. The third-order valence-corrected chi connectivity index (χ3v) is 6.97. The van der Waals surface area contributed by atoms with Crippen LogP contribution in [0.25, 0.3) is 11.7 Å². The zero-order chi connectivity index (χ0) is 23.2. The minimum Gasteiger partial charge on any atom is -0.480 e. The highest BCUT2D eigenvalue weighted by Crippen LogP contribution is 2.34. The minimum absolute atomic E-state index is 0.162. The van der Waals surface area contributed by atoms with Crippen LogP contribution in [0.3, 0.4) is 0 Å². The number of nitrogens with zero attached hydrogens (tertiary/aromatic N) is 4. The molecule has 8 nitrogen and oxygen atoms in total. The largest absolute Gasteiger partial charge is 0.480 e. The van der Waals surface area contributed by atoms with E-state index in [2.05, 4.69) is 18.7 Å². The second-order valence-electron chi connectivity index (χ2n) is 8.60. The van der Waals surface area contributed by atoms with Crippen molar-refractivity contribution in [3.05, 3.63) is 44.7 Å². The van der Waals surface area contributed by atoms with Gasteiger partial charge in [-0.3, -0.25) is 23.7 Å². The first-order chi connectivity index (χ1) is 15.1. The van der Waals surface area contributed by atoms with Crippen molar-refractivity contribution in [2.24, 2.45) is 11.8 Å². The first-order valence-corrected chi connectivity index (χ1v) is 11.6. The van der Waals surface area contributed by atoms with E-state index in [1.807, 2.05) is 19.1 Å². The van der Waals surface area contributed by atoms with Crippen LogP contribution in [0, 0.1) is 18.8 Å². The van der Waals surface area contributed by atoms with Crippen LogP contribution in [0.5, 0.6) is 0 Å². The number of hydrogen-bond donors (Lipinski definition) is 1. The van der Waals surface area contributed by atoms with Crippen molar-refractivity contribution in [2.75, 3.05) is 24.5 Å². The van der Waals surface area contributed by atoms with E-state index in [9.17, 15) is 14.4 Å². The predicted octanol–water partition coefficient (Wildman–Crippen LogP) is 2.77. The molecule has 2 atom stereocenters. The number of rotatable bonds is 4. The number of thiocarbonyl (C=S) groups is 1. The molecule has 0 spiro atoms. The van der Waals surface area contributed by atoms with E-state index in [0.717, 1.165) is 41.7 Å². The standard InChI is InChI=1S/C22H24N4O4S2/c1-12-4-5-17-23-19(24-8-13(2)6-14(3)9-24)15(20(29)25(17)10-12)7-16-21(30)26(11-18(27)28)22(31)32-16/h4-5,7,10,13-14H,6,8-9,11H2,1-3H3,(H,27,28). The molecule has 10 heteroatoms. The number of piperidine rings is 1. The summed E-state index contributed by atoms with van der Waals surface area (Å²) in [7, 11) is 0. The molecule has 0 aromatic carbocycles. The summed E-state index contributed by atoms with van der Waals surface area (Å²) in [6.07, 6.45) is 4.35. The molecule has 2 fully saturated rings. The van der Waals surface area contributed by atoms with Crippen molar-refractivity contribution in [1.29, 1.82) is 0 Å². The Balaban J connectivity index is 1.87.